The molecule has 0 N–H and O–H groups in total. The van der Waals surface area contributed by atoms with Gasteiger partial charge in [0.2, 0.25) is 0 Å². The smallest absolute Gasteiger partial charge is 0.338 e. The zero-order valence-corrected chi connectivity index (χ0v) is 85.6. The molecule has 754 valence electrons. The Bertz CT molecular complexity index is 8220. The highest BCUT2D eigenvalue weighted by atomic mass is 16.5. The summed E-state index contributed by atoms with van der Waals surface area (Å²) in [7, 11) is 0. The van der Waals surface area contributed by atoms with Crippen LogP contribution in [0.5, 0.6) is 23.0 Å². The van der Waals surface area contributed by atoms with E-state index in [0.29, 0.717) is 153 Å². The highest BCUT2D eigenvalue weighted by molar-refractivity contribution is 6.46. The van der Waals surface area contributed by atoms with E-state index in [2.05, 4.69) is 27.7 Å². The van der Waals surface area contributed by atoms with Gasteiger partial charge in [-0.1, -0.05) is 261 Å². The van der Waals surface area contributed by atoms with Crippen molar-refractivity contribution in [3.8, 4) is 23.0 Å². The molecule has 0 spiro atoms. The Morgan fingerprint density at radius 2 is 0.564 bits per heavy atom. The SMILES string of the molecule is CCCCCCC(CCCCCC)N1C(=O)c2ccc3c4ccc5c6c(ccc(c7ccc(c2c37)C1=O)c64)C(=O)N(CCc1ccc(Oc2cc(C(=O)OCCCC)c3c(C(=O)OCCCC)ccc4c6c(Oc7ccc(CCN8C(=O)c9ccc%10c%11ccc%12c%13c(ccc(c%14ccc(c9c%10%14)C8=O)c%13%11)C(=O)N(C(CCCCCC)CCCCCC)C%12=O)cc7)cc7c8c(ccc(c2c34)c86)C(=O)N(C2CCCCC2)C7=O)cc1)C5=O. The fourth-order valence-electron chi connectivity index (χ4n) is 25.6. The molecule has 1 saturated carbocycles. The number of rotatable bonds is 41. The predicted molar refractivity (Wildman–Crippen MR) is 585 cm³/mol. The van der Waals surface area contributed by atoms with Crippen LogP contribution in [0.4, 0.5) is 0 Å². The lowest BCUT2D eigenvalue weighted by molar-refractivity contribution is 0.0486. The second-order valence-electron chi connectivity index (χ2n) is 42.1. The number of nitrogens with zero attached hydrogens (tertiary/aromatic N) is 5. The fraction of sp³-hybridized carbons (Fsp3) is 0.344. The average Bonchev–Trinajstić information content (AvgIpc) is 0.686. The summed E-state index contributed by atoms with van der Waals surface area (Å²) >= 11 is 0. The van der Waals surface area contributed by atoms with E-state index >= 15 is 38.4 Å². The zero-order valence-electron chi connectivity index (χ0n) is 85.6. The van der Waals surface area contributed by atoms with Crippen molar-refractivity contribution in [1.29, 1.82) is 0 Å². The largest absolute Gasteiger partial charge is 0.462 e. The van der Waals surface area contributed by atoms with Gasteiger partial charge in [-0.15, -0.1) is 0 Å². The summed E-state index contributed by atoms with van der Waals surface area (Å²) in [6.45, 7) is 12.9. The van der Waals surface area contributed by atoms with Gasteiger partial charge in [0.15, 0.2) is 0 Å². The molecule has 5 aliphatic heterocycles. The van der Waals surface area contributed by atoms with Crippen molar-refractivity contribution >= 4 is 200 Å². The molecule has 149 heavy (non-hydrogen) atoms. The van der Waals surface area contributed by atoms with Crippen LogP contribution in [0.1, 0.15) is 363 Å². The molecule has 5 heterocycles. The van der Waals surface area contributed by atoms with Crippen LogP contribution in [0.3, 0.4) is 0 Å². The van der Waals surface area contributed by atoms with E-state index in [1.807, 2.05) is 117 Å². The van der Waals surface area contributed by atoms with E-state index < -0.39 is 47.4 Å². The summed E-state index contributed by atoms with van der Waals surface area (Å²) < 4.78 is 26.6. The second kappa shape index (κ2) is 40.2. The van der Waals surface area contributed by atoms with E-state index in [-0.39, 0.29) is 114 Å². The molecule has 0 unspecified atom stereocenters. The minimum Gasteiger partial charge on any atom is -0.462 e. The summed E-state index contributed by atoms with van der Waals surface area (Å²) in [5, 5.41) is 15.3. The average molecular weight is 1990 g/mol. The molecule has 17 aromatic rings. The highest BCUT2D eigenvalue weighted by Crippen LogP contribution is 2.56. The molecule has 6 aliphatic rings. The predicted octanol–water partition coefficient (Wildman–Crippen LogP) is 29.8. The Morgan fingerprint density at radius 3 is 0.913 bits per heavy atom. The molecule has 0 aromatic heterocycles. The van der Waals surface area contributed by atoms with Crippen molar-refractivity contribution in [3.63, 3.8) is 0 Å². The molecule has 17 aromatic carbocycles. The Balaban J connectivity index is 0.558. The third-order valence-corrected chi connectivity index (χ3v) is 33.1. The van der Waals surface area contributed by atoms with Crippen LogP contribution >= 0.6 is 0 Å². The molecular formula is C128H121N5O16. The second-order valence-corrected chi connectivity index (χ2v) is 42.1. The fourth-order valence-corrected chi connectivity index (χ4v) is 25.6. The van der Waals surface area contributed by atoms with Crippen LogP contribution in [0.2, 0.25) is 0 Å². The monoisotopic (exact) mass is 1980 g/mol. The minimum atomic E-state index is -0.731. The van der Waals surface area contributed by atoms with E-state index in [0.717, 1.165) is 230 Å². The summed E-state index contributed by atoms with van der Waals surface area (Å²) in [6.07, 6.45) is 26.7. The molecule has 21 heteroatoms. The summed E-state index contributed by atoms with van der Waals surface area (Å²) in [4.78, 5) is 189. The third-order valence-electron chi connectivity index (χ3n) is 33.1. The van der Waals surface area contributed by atoms with E-state index in [9.17, 15) is 19.2 Å². The van der Waals surface area contributed by atoms with Crippen molar-refractivity contribution in [2.75, 3.05) is 26.3 Å². The van der Waals surface area contributed by atoms with Gasteiger partial charge in [0, 0.05) is 135 Å². The van der Waals surface area contributed by atoms with Gasteiger partial charge in [-0.2, -0.15) is 0 Å². The van der Waals surface area contributed by atoms with E-state index in [1.54, 1.807) is 88.7 Å². The number of carbonyl (C=O) groups is 12. The number of hydrogen-bond donors (Lipinski definition) is 0. The standard InChI is InChI=1S/C128H121N5O16/c1-7-13-19-24-30-74(31-25-20-14-8-2)131-121(138)93-58-48-83-79-44-54-89-107-90(55-45-80(103(79)107)84-49-59-94(122(131)139)109(93)105(83)84)118(135)129(117(89)134)66-64-72-36-40-77(41-37-72)148-101-70-99-111-97(125(142)133(126(99)143)76-34-28-23-29-35-76)62-52-87-114-102(71-100(128(145)147-69-18-12-6)112-98(127(144)146-68-17-11-5)63-53-88(116(112)114)113(101)115(87)111)149-78-42-38-73(39-43-78)65-67-130-119(136)91-56-46-81-85-50-60-95-110-96(61-51-86(106(85)110)82-47-57-92(120(130)137)108(91)104(81)82)124(141)132(123(95)140)75(32-26-21-15-9-3)33-27-22-16-10-4/h36-63,70-71,74-76H,7-35,64-69H2,1-6H3. The number of hydrogen-bond acceptors (Lipinski definition) is 16. The van der Waals surface area contributed by atoms with Gasteiger partial charge >= 0.3 is 11.9 Å². The molecule has 23 rings (SSSR count). The van der Waals surface area contributed by atoms with Gasteiger partial charge in [-0.25, -0.2) is 9.59 Å². The van der Waals surface area contributed by atoms with Crippen LogP contribution in [0, 0.1) is 0 Å². The van der Waals surface area contributed by atoms with Crippen LogP contribution in [-0.2, 0) is 22.3 Å². The molecule has 21 nitrogen and oxygen atoms in total. The van der Waals surface area contributed by atoms with Crippen LogP contribution in [-0.4, -0.2) is 140 Å². The quantitative estimate of drug-likeness (QED) is 0.0113. The molecular weight excluding hydrogens is 1860 g/mol. The highest BCUT2D eigenvalue weighted by Gasteiger charge is 2.46. The van der Waals surface area contributed by atoms with Crippen LogP contribution in [0.25, 0.3) is 129 Å². The number of ether oxygens (including phenoxy) is 4. The maximum Gasteiger partial charge on any atom is 0.338 e. The molecule has 0 atom stereocenters. The summed E-state index contributed by atoms with van der Waals surface area (Å²) in [6, 6.07) is 54.2. The van der Waals surface area contributed by atoms with Gasteiger partial charge in [0.1, 0.15) is 23.0 Å². The summed E-state index contributed by atoms with van der Waals surface area (Å²) in [5.74, 6) is -4.10. The first-order chi connectivity index (χ1) is 72.8. The lowest BCUT2D eigenvalue weighted by atomic mass is 9.81. The van der Waals surface area contributed by atoms with Crippen LogP contribution in [0.15, 0.2) is 182 Å². The van der Waals surface area contributed by atoms with Gasteiger partial charge < -0.3 is 18.9 Å². The minimum absolute atomic E-state index is 0.00659. The van der Waals surface area contributed by atoms with Gasteiger partial charge in [0.05, 0.1) is 29.9 Å². The number of fused-ring (bicyclic) bond motifs is 6. The molecule has 1 fully saturated rings. The number of imide groups is 5. The number of benzene rings is 17. The first kappa shape index (κ1) is 97.3. The maximum absolute atomic E-state index is 15.8. The van der Waals surface area contributed by atoms with Gasteiger partial charge in [0.25, 0.3) is 59.1 Å². The van der Waals surface area contributed by atoms with Crippen molar-refractivity contribution in [2.45, 2.75) is 259 Å². The first-order valence-electron chi connectivity index (χ1n) is 54.7. The van der Waals surface area contributed by atoms with Crippen molar-refractivity contribution in [3.05, 3.63) is 260 Å². The van der Waals surface area contributed by atoms with Crippen molar-refractivity contribution < 1.29 is 76.5 Å². The molecule has 0 radical (unpaired) electrons. The van der Waals surface area contributed by atoms with E-state index in [4.69, 9.17) is 18.9 Å². The topological polar surface area (TPSA) is 258 Å². The molecule has 0 bridgehead atoms. The van der Waals surface area contributed by atoms with E-state index in [1.165, 1.54) is 14.7 Å². The zero-order chi connectivity index (χ0) is 103. The maximum atomic E-state index is 15.8. The Kier molecular flexibility index (Phi) is 26.2. The van der Waals surface area contributed by atoms with Crippen molar-refractivity contribution in [1.82, 2.24) is 24.5 Å². The number of esters is 2. The number of amides is 10. The number of unbranched alkanes of at least 4 members (excludes halogenated alkanes) is 14. The van der Waals surface area contributed by atoms with Gasteiger partial charge in [-0.05, 0) is 248 Å². The van der Waals surface area contributed by atoms with Crippen LogP contribution < -0.4 is 9.47 Å². The Hall–Kier alpha value is -15.1. The Morgan fingerprint density at radius 1 is 0.268 bits per heavy atom. The van der Waals surface area contributed by atoms with Crippen molar-refractivity contribution in [2.24, 2.45) is 0 Å². The Labute approximate surface area is 863 Å². The lowest BCUT2D eigenvalue weighted by Crippen LogP contribution is -2.47. The molecule has 10 amide bonds. The molecule has 0 saturated heterocycles. The molecule has 1 aliphatic carbocycles. The lowest BCUT2D eigenvalue weighted by Gasteiger charge is -2.36. The van der Waals surface area contributed by atoms with Gasteiger partial charge in [-0.3, -0.25) is 72.4 Å². The third kappa shape index (κ3) is 16.2. The first-order valence-corrected chi connectivity index (χ1v) is 54.7. The summed E-state index contributed by atoms with van der Waals surface area (Å²) in [5.41, 5.74) is 5.68. The normalized spacial score (nSPS) is 15.0. The number of carbonyl (C=O) groups excluding carboxylic acids is 12.